The number of halogens is 2. The van der Waals surface area contributed by atoms with Gasteiger partial charge in [0.25, 0.3) is 0 Å². The monoisotopic (exact) mass is 573 g/mol. The molecule has 1 fully saturated rings. The molecule has 0 spiro atoms. The summed E-state index contributed by atoms with van der Waals surface area (Å²) in [7, 11) is -0.611. The first-order chi connectivity index (χ1) is 17.8. The standard InChI is InChI=1S/C24H23Cl2N7O.C2H6OS/c1-13(21-18(25)9-31-10-19(21)26)34-16-3-4-20(28)17(6-16)22(29)15-5-14(7-27)23(32-8-15)33-11-24(2,30)12-33;1-4(2)3/h3-6,8-10,13,29H,11-12,28,30H2,1-2H3;1-2H3/t13-;/m1./s1. The van der Waals surface area contributed by atoms with E-state index in [-0.39, 0.29) is 11.3 Å². The maximum atomic E-state index is 9.66. The van der Waals surface area contributed by atoms with Gasteiger partial charge in [-0.05, 0) is 38.1 Å². The van der Waals surface area contributed by atoms with Crippen molar-refractivity contribution < 1.29 is 8.95 Å². The molecule has 0 amide bonds. The molecule has 0 aliphatic carbocycles. The summed E-state index contributed by atoms with van der Waals surface area (Å²) in [6.07, 6.45) is 7.38. The van der Waals surface area contributed by atoms with Crippen LogP contribution in [0, 0.1) is 16.7 Å². The molecule has 0 saturated carbocycles. The van der Waals surface area contributed by atoms with Crippen molar-refractivity contribution >= 4 is 51.2 Å². The van der Waals surface area contributed by atoms with E-state index in [1.165, 1.54) is 12.4 Å². The number of anilines is 2. The predicted molar refractivity (Wildman–Crippen MR) is 154 cm³/mol. The summed E-state index contributed by atoms with van der Waals surface area (Å²) in [6.45, 7) is 5.00. The van der Waals surface area contributed by atoms with Gasteiger partial charge in [0.15, 0.2) is 0 Å². The number of pyridine rings is 2. The van der Waals surface area contributed by atoms with Crippen LogP contribution in [0.15, 0.2) is 42.9 Å². The summed E-state index contributed by atoms with van der Waals surface area (Å²) in [5.74, 6) is 1.05. The molecule has 38 heavy (non-hydrogen) atoms. The van der Waals surface area contributed by atoms with Crippen LogP contribution >= 0.6 is 23.2 Å². The molecule has 1 atom stereocenters. The molecular formula is C26H29Cl2N7O2S. The van der Waals surface area contributed by atoms with Gasteiger partial charge in [0.2, 0.25) is 0 Å². The zero-order chi connectivity index (χ0) is 28.2. The fourth-order valence-electron chi connectivity index (χ4n) is 3.96. The van der Waals surface area contributed by atoms with Crippen LogP contribution in [0.1, 0.15) is 42.2 Å². The Morgan fingerprint density at radius 2 is 1.84 bits per heavy atom. The molecule has 4 rings (SSSR count). The molecule has 9 nitrogen and oxygen atoms in total. The number of ether oxygens (including phenoxy) is 1. The van der Waals surface area contributed by atoms with Crippen molar-refractivity contribution in [2.24, 2.45) is 5.73 Å². The summed E-state index contributed by atoms with van der Waals surface area (Å²) in [6, 6.07) is 8.86. The average Bonchev–Trinajstić information content (AvgIpc) is 2.82. The largest absolute Gasteiger partial charge is 0.486 e. The van der Waals surface area contributed by atoms with E-state index in [9.17, 15) is 9.47 Å². The first-order valence-corrected chi connectivity index (χ1v) is 14.2. The van der Waals surface area contributed by atoms with Crippen LogP contribution in [-0.4, -0.2) is 51.0 Å². The Morgan fingerprint density at radius 3 is 2.39 bits per heavy atom. The minimum atomic E-state index is -0.611. The summed E-state index contributed by atoms with van der Waals surface area (Å²) in [5, 5.41) is 19.2. The number of aromatic nitrogens is 2. The molecule has 1 aliphatic heterocycles. The van der Waals surface area contributed by atoms with Gasteiger partial charge in [0, 0.05) is 82.9 Å². The van der Waals surface area contributed by atoms with Crippen LogP contribution in [0.2, 0.25) is 10.0 Å². The van der Waals surface area contributed by atoms with Crippen molar-refractivity contribution in [2.75, 3.05) is 36.2 Å². The Kier molecular flexibility index (Phi) is 9.33. The normalized spacial score (nSPS) is 14.6. The van der Waals surface area contributed by atoms with E-state index in [4.69, 9.17) is 44.8 Å². The lowest BCUT2D eigenvalue weighted by Crippen LogP contribution is -2.66. The number of nitrogen functional groups attached to an aromatic ring is 1. The highest BCUT2D eigenvalue weighted by Gasteiger charge is 2.36. The van der Waals surface area contributed by atoms with E-state index >= 15 is 0 Å². The van der Waals surface area contributed by atoms with Crippen molar-refractivity contribution in [1.29, 1.82) is 10.7 Å². The lowest BCUT2D eigenvalue weighted by molar-refractivity contribution is 0.227. The lowest BCUT2D eigenvalue weighted by Gasteiger charge is -2.46. The Labute approximate surface area is 234 Å². The molecule has 0 radical (unpaired) electrons. The Balaban J connectivity index is 0.000000934. The molecular weight excluding hydrogens is 545 g/mol. The molecule has 1 saturated heterocycles. The van der Waals surface area contributed by atoms with Gasteiger partial charge in [0.1, 0.15) is 23.7 Å². The maximum Gasteiger partial charge on any atom is 0.146 e. The second-order valence-electron chi connectivity index (χ2n) is 9.36. The molecule has 12 heteroatoms. The Morgan fingerprint density at radius 1 is 1.24 bits per heavy atom. The van der Waals surface area contributed by atoms with Crippen LogP contribution in [0.5, 0.6) is 5.75 Å². The molecule has 2 aromatic heterocycles. The van der Waals surface area contributed by atoms with Gasteiger partial charge in [-0.15, -0.1) is 0 Å². The Hall–Kier alpha value is -3.23. The third-order valence-electron chi connectivity index (χ3n) is 5.58. The quantitative estimate of drug-likeness (QED) is 0.290. The maximum absolute atomic E-state index is 9.66. The minimum Gasteiger partial charge on any atom is -0.486 e. The number of hydrogen-bond donors (Lipinski definition) is 3. The zero-order valence-electron chi connectivity index (χ0n) is 21.5. The smallest absolute Gasteiger partial charge is 0.146 e. The molecule has 0 unspecified atom stereocenters. The third-order valence-corrected chi connectivity index (χ3v) is 6.19. The van der Waals surface area contributed by atoms with Crippen molar-refractivity contribution in [1.82, 2.24) is 9.97 Å². The van der Waals surface area contributed by atoms with Crippen LogP contribution in [0.3, 0.4) is 0 Å². The van der Waals surface area contributed by atoms with E-state index < -0.39 is 16.9 Å². The van der Waals surface area contributed by atoms with Crippen LogP contribution in [0.4, 0.5) is 11.5 Å². The molecule has 0 bridgehead atoms. The number of nitrogens with one attached hydrogen (secondary N) is 1. The number of nitrogens with zero attached hydrogens (tertiary/aromatic N) is 4. The van der Waals surface area contributed by atoms with E-state index in [2.05, 4.69) is 16.0 Å². The van der Waals surface area contributed by atoms with Gasteiger partial charge in [-0.25, -0.2) is 4.98 Å². The fourth-order valence-corrected chi connectivity index (χ4v) is 4.63. The number of hydrogen-bond acceptors (Lipinski definition) is 9. The fraction of sp³-hybridized carbons (Fsp3) is 0.308. The summed E-state index contributed by atoms with van der Waals surface area (Å²) in [5.41, 5.74) is 14.4. The SMILES string of the molecule is CS(C)=O.C[C@@H](Oc1ccc(N)c(C(=N)c2cnc(N3CC(C)(N)C3)c(C#N)c2)c1)c1c(Cl)cncc1Cl. The topological polar surface area (TPSA) is 155 Å². The molecule has 1 aliphatic rings. The number of rotatable bonds is 6. The highest BCUT2D eigenvalue weighted by atomic mass is 35.5. The molecule has 3 heterocycles. The van der Waals surface area contributed by atoms with E-state index in [0.29, 0.717) is 62.6 Å². The van der Waals surface area contributed by atoms with E-state index in [0.717, 1.165) is 0 Å². The first kappa shape index (κ1) is 29.3. The zero-order valence-corrected chi connectivity index (χ0v) is 23.8. The van der Waals surface area contributed by atoms with Gasteiger partial charge in [-0.1, -0.05) is 23.2 Å². The van der Waals surface area contributed by atoms with Gasteiger partial charge >= 0.3 is 0 Å². The Bertz CT molecular complexity index is 1390. The van der Waals surface area contributed by atoms with E-state index in [1.807, 2.05) is 18.7 Å². The summed E-state index contributed by atoms with van der Waals surface area (Å²) < 4.78 is 15.6. The predicted octanol–water partition coefficient (Wildman–Crippen LogP) is 4.33. The van der Waals surface area contributed by atoms with Gasteiger partial charge in [-0.3, -0.25) is 14.6 Å². The first-order valence-electron chi connectivity index (χ1n) is 11.5. The van der Waals surface area contributed by atoms with Crippen molar-refractivity contribution in [3.05, 3.63) is 75.2 Å². The lowest BCUT2D eigenvalue weighted by atomic mass is 9.93. The van der Waals surface area contributed by atoms with E-state index in [1.54, 1.807) is 43.0 Å². The summed E-state index contributed by atoms with van der Waals surface area (Å²) >= 11 is 12.5. The molecule has 3 aromatic rings. The highest BCUT2D eigenvalue weighted by Crippen LogP contribution is 2.34. The van der Waals surface area contributed by atoms with Crippen LogP contribution < -0.4 is 21.1 Å². The van der Waals surface area contributed by atoms with Crippen LogP contribution in [0.25, 0.3) is 0 Å². The number of nitriles is 1. The second-order valence-corrected chi connectivity index (χ2v) is 11.7. The summed E-state index contributed by atoms with van der Waals surface area (Å²) in [4.78, 5) is 10.4. The van der Waals surface area contributed by atoms with Crippen molar-refractivity contribution in [3.8, 4) is 11.8 Å². The average molecular weight is 575 g/mol. The van der Waals surface area contributed by atoms with Crippen LogP contribution in [-0.2, 0) is 10.8 Å². The highest BCUT2D eigenvalue weighted by molar-refractivity contribution is 7.83. The third kappa shape index (κ3) is 6.99. The van der Waals surface area contributed by atoms with Crippen molar-refractivity contribution in [2.45, 2.75) is 25.5 Å². The second kappa shape index (κ2) is 12.1. The van der Waals surface area contributed by atoms with Crippen molar-refractivity contribution in [3.63, 3.8) is 0 Å². The molecule has 5 N–H and O–H groups in total. The number of benzene rings is 1. The molecule has 200 valence electrons. The molecule has 1 aromatic carbocycles. The number of nitrogens with two attached hydrogens (primary N) is 2. The van der Waals surface area contributed by atoms with Gasteiger partial charge in [0.05, 0.1) is 21.3 Å². The van der Waals surface area contributed by atoms with Gasteiger partial charge < -0.3 is 21.1 Å². The van der Waals surface area contributed by atoms with Gasteiger partial charge in [-0.2, -0.15) is 5.26 Å². The minimum absolute atomic E-state index is 0.124.